The molecule has 0 aromatic heterocycles. The first-order chi connectivity index (χ1) is 32.6. The molecule has 0 bridgehead atoms. The number of hydrogen-bond acceptors (Lipinski definition) is 13. The van der Waals surface area contributed by atoms with Crippen LogP contribution in [-0.4, -0.2) is 140 Å². The van der Waals surface area contributed by atoms with E-state index in [9.17, 15) is 45.6 Å². The molecule has 2 fully saturated rings. The zero-order valence-electron chi connectivity index (χ0n) is 41.9. The molecule has 12 atom stereocenters. The van der Waals surface area contributed by atoms with E-state index in [-0.39, 0.29) is 18.9 Å². The Morgan fingerprint density at radius 2 is 0.940 bits per heavy atom. The first kappa shape index (κ1) is 61.6. The van der Waals surface area contributed by atoms with Crippen molar-refractivity contribution in [1.29, 1.82) is 0 Å². The number of carbonyl (C=O) groups is 1. The summed E-state index contributed by atoms with van der Waals surface area (Å²) in [5.74, 6) is -0.243. The van der Waals surface area contributed by atoms with Gasteiger partial charge in [-0.1, -0.05) is 186 Å². The fourth-order valence-corrected chi connectivity index (χ4v) is 8.93. The average Bonchev–Trinajstić information content (AvgIpc) is 3.32. The molecule has 0 aliphatic carbocycles. The van der Waals surface area contributed by atoms with Crippen molar-refractivity contribution < 1.29 is 64.6 Å². The summed E-state index contributed by atoms with van der Waals surface area (Å²) < 4.78 is 22.6. The summed E-state index contributed by atoms with van der Waals surface area (Å²) in [5, 5.41) is 86.3. The number of aliphatic hydroxyl groups is 8. The van der Waals surface area contributed by atoms with Crippen LogP contribution in [-0.2, 0) is 23.7 Å². The third-order valence-electron chi connectivity index (χ3n) is 13.4. The molecule has 2 aliphatic heterocycles. The molecule has 67 heavy (non-hydrogen) atoms. The van der Waals surface area contributed by atoms with Crippen molar-refractivity contribution in [3.05, 3.63) is 24.3 Å². The lowest BCUT2D eigenvalue weighted by Gasteiger charge is -2.46. The summed E-state index contributed by atoms with van der Waals surface area (Å²) in [6.07, 6.45) is 28.6. The molecule has 2 aliphatic rings. The molecule has 9 N–H and O–H groups in total. The topological polar surface area (TPSA) is 228 Å². The second-order valence-electron chi connectivity index (χ2n) is 19.4. The van der Waals surface area contributed by atoms with E-state index >= 15 is 0 Å². The van der Waals surface area contributed by atoms with Crippen LogP contribution in [0, 0.1) is 0 Å². The summed E-state index contributed by atoms with van der Waals surface area (Å²) in [6, 6.07) is -0.908. The van der Waals surface area contributed by atoms with Crippen LogP contribution in [0.1, 0.15) is 213 Å². The van der Waals surface area contributed by atoms with Crippen LogP contribution in [0.5, 0.6) is 0 Å². The van der Waals surface area contributed by atoms with Gasteiger partial charge in [-0.2, -0.15) is 0 Å². The molecular formula is C53H99NO13. The maximum Gasteiger partial charge on any atom is 0.220 e. The summed E-state index contributed by atoms with van der Waals surface area (Å²) in [6.45, 7) is 2.70. The molecule has 394 valence electrons. The number of allylic oxidation sites excluding steroid dienone is 3. The molecule has 1 amide bonds. The minimum Gasteiger partial charge on any atom is -0.394 e. The minimum absolute atomic E-state index is 0.243. The zero-order chi connectivity index (χ0) is 48.9. The molecule has 14 heteroatoms. The monoisotopic (exact) mass is 958 g/mol. The predicted octanol–water partition coefficient (Wildman–Crippen LogP) is 7.72. The van der Waals surface area contributed by atoms with Crippen LogP contribution in [0.3, 0.4) is 0 Å². The highest BCUT2D eigenvalue weighted by atomic mass is 16.7. The third-order valence-corrected chi connectivity index (χ3v) is 13.4. The molecular weight excluding hydrogens is 859 g/mol. The standard InChI is InChI=1S/C53H99NO13/c1-3-5-7-9-11-12-13-14-15-16-17-18-19-20-21-22-23-24-25-26-27-28-29-30-31-33-35-37-45(58)54-41(42(57)36-34-32-10-8-6-4-2)40-64-52-50(63)48(61)51(44(39-56)66-52)67-53-49(62)47(60)46(59)43(38-55)65-53/h16-17,34,36,41-44,46-53,55-57,59-63H,3-15,18-33,35,37-40H2,1-2H3,(H,54,58)/b17-16-,36-34+. The molecule has 12 unspecified atom stereocenters. The molecule has 2 heterocycles. The number of nitrogens with one attached hydrogen (secondary N) is 1. The number of hydrogen-bond donors (Lipinski definition) is 9. The zero-order valence-corrected chi connectivity index (χ0v) is 41.9. The third kappa shape index (κ3) is 27.0. The number of amides is 1. The molecule has 0 radical (unpaired) electrons. The fourth-order valence-electron chi connectivity index (χ4n) is 8.93. The summed E-state index contributed by atoms with van der Waals surface area (Å²) >= 11 is 0. The van der Waals surface area contributed by atoms with Gasteiger partial charge in [0, 0.05) is 6.42 Å². The highest BCUT2D eigenvalue weighted by Gasteiger charge is 2.51. The van der Waals surface area contributed by atoms with Crippen LogP contribution in [0.4, 0.5) is 0 Å². The lowest BCUT2D eigenvalue weighted by molar-refractivity contribution is -0.359. The molecule has 2 saturated heterocycles. The maximum atomic E-state index is 13.1. The van der Waals surface area contributed by atoms with Crippen LogP contribution in [0.2, 0.25) is 0 Å². The van der Waals surface area contributed by atoms with E-state index in [4.69, 9.17) is 18.9 Å². The van der Waals surface area contributed by atoms with Gasteiger partial charge in [-0.05, 0) is 44.9 Å². The smallest absolute Gasteiger partial charge is 0.220 e. The highest BCUT2D eigenvalue weighted by molar-refractivity contribution is 5.76. The molecule has 0 saturated carbocycles. The van der Waals surface area contributed by atoms with Gasteiger partial charge in [-0.15, -0.1) is 0 Å². The number of ether oxygens (including phenoxy) is 4. The molecule has 0 aromatic rings. The van der Waals surface area contributed by atoms with E-state index in [0.717, 1.165) is 51.4 Å². The SMILES string of the molecule is CCCCCC/C=C/C(O)C(COC1OC(CO)C(OC2OC(CO)C(O)C(O)C2O)C(O)C1O)NC(=O)CCCCCCCCCCCCCCCCC/C=C\CCCCCCCCCC. The Balaban J connectivity index is 1.63. The van der Waals surface area contributed by atoms with Gasteiger partial charge >= 0.3 is 0 Å². The quantitative estimate of drug-likeness (QED) is 0.0211. The summed E-state index contributed by atoms with van der Waals surface area (Å²) in [4.78, 5) is 13.1. The Hall–Kier alpha value is -1.53. The number of unbranched alkanes of at least 4 members (excludes halogenated alkanes) is 27. The average molecular weight is 958 g/mol. The molecule has 14 nitrogen and oxygen atoms in total. The first-order valence-corrected chi connectivity index (χ1v) is 27.1. The van der Waals surface area contributed by atoms with Gasteiger partial charge in [0.2, 0.25) is 5.91 Å². The van der Waals surface area contributed by atoms with Crippen LogP contribution in [0.15, 0.2) is 24.3 Å². The summed E-state index contributed by atoms with van der Waals surface area (Å²) in [7, 11) is 0. The number of carbonyl (C=O) groups excluding carboxylic acids is 1. The normalized spacial score (nSPS) is 26.7. The van der Waals surface area contributed by atoms with Gasteiger partial charge in [0.1, 0.15) is 48.8 Å². The molecule has 2 rings (SSSR count). The Morgan fingerprint density at radius 3 is 1.43 bits per heavy atom. The van der Waals surface area contributed by atoms with Crippen molar-refractivity contribution in [3.63, 3.8) is 0 Å². The Morgan fingerprint density at radius 1 is 0.522 bits per heavy atom. The van der Waals surface area contributed by atoms with E-state index in [1.165, 1.54) is 135 Å². The lowest BCUT2D eigenvalue weighted by Crippen LogP contribution is -2.65. The second kappa shape index (κ2) is 40.1. The maximum absolute atomic E-state index is 13.1. The van der Waals surface area contributed by atoms with Gasteiger partial charge in [-0.3, -0.25) is 4.79 Å². The van der Waals surface area contributed by atoms with Gasteiger partial charge in [0.15, 0.2) is 12.6 Å². The van der Waals surface area contributed by atoms with Crippen LogP contribution < -0.4 is 5.32 Å². The second-order valence-corrected chi connectivity index (χ2v) is 19.4. The Kier molecular flexibility index (Phi) is 36.9. The van der Waals surface area contributed by atoms with Crippen LogP contribution in [0.25, 0.3) is 0 Å². The van der Waals surface area contributed by atoms with E-state index in [1.54, 1.807) is 6.08 Å². The largest absolute Gasteiger partial charge is 0.394 e. The van der Waals surface area contributed by atoms with Crippen molar-refractivity contribution in [2.24, 2.45) is 0 Å². The lowest BCUT2D eigenvalue weighted by atomic mass is 9.97. The van der Waals surface area contributed by atoms with Crippen molar-refractivity contribution in [1.82, 2.24) is 5.32 Å². The van der Waals surface area contributed by atoms with Crippen molar-refractivity contribution >= 4 is 5.91 Å². The number of rotatable bonds is 42. The van der Waals surface area contributed by atoms with Crippen molar-refractivity contribution in [2.75, 3.05) is 19.8 Å². The van der Waals surface area contributed by atoms with Crippen molar-refractivity contribution in [2.45, 2.75) is 286 Å². The van der Waals surface area contributed by atoms with E-state index in [0.29, 0.717) is 6.42 Å². The van der Waals surface area contributed by atoms with Crippen LogP contribution >= 0.6 is 0 Å². The Labute approximate surface area is 405 Å². The fraction of sp³-hybridized carbons (Fsp3) is 0.906. The Bertz CT molecular complexity index is 1220. The number of aliphatic hydroxyl groups excluding tert-OH is 8. The predicted molar refractivity (Wildman–Crippen MR) is 263 cm³/mol. The van der Waals surface area contributed by atoms with Gasteiger partial charge in [-0.25, -0.2) is 0 Å². The van der Waals surface area contributed by atoms with E-state index < -0.39 is 86.8 Å². The van der Waals surface area contributed by atoms with E-state index in [1.807, 2.05) is 6.08 Å². The summed E-state index contributed by atoms with van der Waals surface area (Å²) in [5.41, 5.74) is 0. The first-order valence-electron chi connectivity index (χ1n) is 27.1. The van der Waals surface area contributed by atoms with Crippen molar-refractivity contribution in [3.8, 4) is 0 Å². The molecule has 0 spiro atoms. The van der Waals surface area contributed by atoms with E-state index in [2.05, 4.69) is 31.3 Å². The van der Waals surface area contributed by atoms with Gasteiger partial charge in [0.25, 0.3) is 0 Å². The highest BCUT2D eigenvalue weighted by Crippen LogP contribution is 2.30. The van der Waals surface area contributed by atoms with Gasteiger partial charge < -0.3 is 65.1 Å². The van der Waals surface area contributed by atoms with Gasteiger partial charge in [0.05, 0.1) is 32.0 Å². The minimum atomic E-state index is -1.78. The molecule has 0 aromatic carbocycles.